The Bertz CT molecular complexity index is 583. The fourth-order valence-electron chi connectivity index (χ4n) is 1.42. The number of rotatable bonds is 3. The third kappa shape index (κ3) is 3.37. The molecule has 0 saturated heterocycles. The van der Waals surface area contributed by atoms with Crippen molar-refractivity contribution < 1.29 is 17.9 Å². The van der Waals surface area contributed by atoms with Gasteiger partial charge in [0.1, 0.15) is 0 Å². The van der Waals surface area contributed by atoms with E-state index in [2.05, 4.69) is 14.8 Å². The number of hydrogen-bond donors (Lipinski definition) is 0. The van der Waals surface area contributed by atoms with Crippen molar-refractivity contribution in [3.05, 3.63) is 35.1 Å². The van der Waals surface area contributed by atoms with Gasteiger partial charge in [-0.1, -0.05) is 11.6 Å². The second-order valence-electron chi connectivity index (χ2n) is 3.75. The lowest BCUT2D eigenvalue weighted by Crippen LogP contribution is -2.19. The standard InChI is InChI=1S/C11H9ClF3N3O/c1-7-5-9(19-6-11(13,14)15)17-18(7)10-8(12)3-2-4-16-10/h2-5H,6H2,1H3. The van der Waals surface area contributed by atoms with Gasteiger partial charge in [0.05, 0.1) is 5.02 Å². The third-order valence-corrected chi connectivity index (χ3v) is 2.48. The van der Waals surface area contributed by atoms with Gasteiger partial charge in [-0.15, -0.1) is 5.10 Å². The Morgan fingerprint density at radius 3 is 2.79 bits per heavy atom. The smallest absolute Gasteiger partial charge is 0.422 e. The van der Waals surface area contributed by atoms with Crippen molar-refractivity contribution >= 4 is 11.6 Å². The monoisotopic (exact) mass is 291 g/mol. The van der Waals surface area contributed by atoms with Gasteiger partial charge >= 0.3 is 6.18 Å². The van der Waals surface area contributed by atoms with Crippen molar-refractivity contribution in [2.45, 2.75) is 13.1 Å². The Morgan fingerprint density at radius 1 is 1.42 bits per heavy atom. The van der Waals surface area contributed by atoms with Crippen LogP contribution in [0.2, 0.25) is 5.02 Å². The van der Waals surface area contributed by atoms with Crippen molar-refractivity contribution in [3.63, 3.8) is 0 Å². The lowest BCUT2D eigenvalue weighted by Gasteiger charge is -2.06. The second-order valence-corrected chi connectivity index (χ2v) is 4.16. The molecule has 4 nitrogen and oxygen atoms in total. The van der Waals surface area contributed by atoms with E-state index in [0.717, 1.165) is 0 Å². The van der Waals surface area contributed by atoms with E-state index in [-0.39, 0.29) is 5.88 Å². The summed E-state index contributed by atoms with van der Waals surface area (Å²) < 4.78 is 42.0. The van der Waals surface area contributed by atoms with Crippen LogP contribution >= 0.6 is 11.6 Å². The molecule has 0 bridgehead atoms. The quantitative estimate of drug-likeness (QED) is 0.872. The predicted molar refractivity (Wildman–Crippen MR) is 62.7 cm³/mol. The van der Waals surface area contributed by atoms with Gasteiger partial charge in [0, 0.05) is 18.0 Å². The van der Waals surface area contributed by atoms with Crippen LogP contribution in [0.3, 0.4) is 0 Å². The van der Waals surface area contributed by atoms with E-state index in [0.29, 0.717) is 16.5 Å². The van der Waals surface area contributed by atoms with E-state index in [1.807, 2.05) is 0 Å². The van der Waals surface area contributed by atoms with Crippen LogP contribution in [0, 0.1) is 6.92 Å². The molecule has 0 aliphatic carbocycles. The summed E-state index contributed by atoms with van der Waals surface area (Å²) in [4.78, 5) is 4.02. The van der Waals surface area contributed by atoms with Gasteiger partial charge in [0.2, 0.25) is 5.88 Å². The summed E-state index contributed by atoms with van der Waals surface area (Å²) in [5.74, 6) is 0.208. The van der Waals surface area contributed by atoms with Gasteiger partial charge in [-0.3, -0.25) is 0 Å². The maximum atomic E-state index is 12.0. The van der Waals surface area contributed by atoms with Crippen LogP contribution in [0.1, 0.15) is 5.69 Å². The van der Waals surface area contributed by atoms with E-state index in [4.69, 9.17) is 11.6 Å². The molecule has 0 aliphatic heterocycles. The number of aryl methyl sites for hydroxylation is 1. The highest BCUT2D eigenvalue weighted by Crippen LogP contribution is 2.22. The summed E-state index contributed by atoms with van der Waals surface area (Å²) in [6.45, 7) is 0.276. The highest BCUT2D eigenvalue weighted by molar-refractivity contribution is 6.32. The minimum absolute atomic E-state index is 0.128. The first-order chi connectivity index (χ1) is 8.87. The van der Waals surface area contributed by atoms with Crippen molar-refractivity contribution in [2.24, 2.45) is 0 Å². The van der Waals surface area contributed by atoms with Crippen LogP contribution < -0.4 is 4.74 Å². The maximum Gasteiger partial charge on any atom is 0.422 e. The number of nitrogens with zero attached hydrogens (tertiary/aromatic N) is 3. The van der Waals surface area contributed by atoms with Crippen molar-refractivity contribution in [1.29, 1.82) is 0 Å². The highest BCUT2D eigenvalue weighted by atomic mass is 35.5. The van der Waals surface area contributed by atoms with Crippen molar-refractivity contribution in [3.8, 4) is 11.7 Å². The van der Waals surface area contributed by atoms with Gasteiger partial charge in [-0.05, 0) is 19.1 Å². The summed E-state index contributed by atoms with van der Waals surface area (Å²) in [5.41, 5.74) is 0.567. The number of alkyl halides is 3. The molecule has 0 spiro atoms. The van der Waals surface area contributed by atoms with E-state index in [1.54, 1.807) is 19.1 Å². The molecule has 2 rings (SSSR count). The van der Waals surface area contributed by atoms with Gasteiger partial charge in [-0.25, -0.2) is 9.67 Å². The van der Waals surface area contributed by atoms with Gasteiger partial charge in [-0.2, -0.15) is 13.2 Å². The SMILES string of the molecule is Cc1cc(OCC(F)(F)F)nn1-c1ncccc1Cl. The van der Waals surface area contributed by atoms with E-state index in [1.165, 1.54) is 16.9 Å². The lowest BCUT2D eigenvalue weighted by molar-refractivity contribution is -0.154. The molecule has 0 saturated carbocycles. The zero-order valence-electron chi connectivity index (χ0n) is 9.78. The number of aromatic nitrogens is 3. The average Bonchev–Trinajstić information content (AvgIpc) is 2.68. The van der Waals surface area contributed by atoms with Crippen LogP contribution in [0.25, 0.3) is 5.82 Å². The van der Waals surface area contributed by atoms with Crippen molar-refractivity contribution in [2.75, 3.05) is 6.61 Å². The van der Waals surface area contributed by atoms with E-state index in [9.17, 15) is 13.2 Å². The highest BCUT2D eigenvalue weighted by Gasteiger charge is 2.29. The molecule has 0 atom stereocenters. The Kier molecular flexibility index (Phi) is 3.66. The molecule has 0 aliphatic rings. The number of pyridine rings is 1. The minimum atomic E-state index is -4.40. The molecule has 0 unspecified atom stereocenters. The Balaban J connectivity index is 2.25. The first-order valence-electron chi connectivity index (χ1n) is 5.24. The molecule has 0 amide bonds. The summed E-state index contributed by atoms with van der Waals surface area (Å²) in [7, 11) is 0. The predicted octanol–water partition coefficient (Wildman–Crippen LogP) is 3.17. The van der Waals surface area contributed by atoms with Crippen LogP contribution in [0.5, 0.6) is 5.88 Å². The molecule has 0 fully saturated rings. The fourth-order valence-corrected chi connectivity index (χ4v) is 1.62. The molecule has 0 radical (unpaired) electrons. The van der Waals surface area contributed by atoms with Gasteiger partial charge in [0.15, 0.2) is 12.4 Å². The number of ether oxygens (including phenoxy) is 1. The molecule has 8 heteroatoms. The average molecular weight is 292 g/mol. The van der Waals surface area contributed by atoms with E-state index >= 15 is 0 Å². The second kappa shape index (κ2) is 5.08. The molecule has 102 valence electrons. The third-order valence-electron chi connectivity index (χ3n) is 2.19. The number of hydrogen-bond acceptors (Lipinski definition) is 3. The zero-order valence-corrected chi connectivity index (χ0v) is 10.5. The summed E-state index contributed by atoms with van der Waals surface area (Å²) >= 11 is 5.95. The first kappa shape index (κ1) is 13.7. The Labute approximate surface area is 111 Å². The normalized spacial score (nSPS) is 11.6. The van der Waals surface area contributed by atoms with Crippen LogP contribution in [0.4, 0.5) is 13.2 Å². The van der Waals surface area contributed by atoms with Crippen molar-refractivity contribution in [1.82, 2.24) is 14.8 Å². The topological polar surface area (TPSA) is 39.9 Å². The molecule has 0 aromatic carbocycles. The molecule has 2 aromatic heterocycles. The van der Waals surface area contributed by atoms with Crippen LogP contribution in [-0.4, -0.2) is 27.5 Å². The minimum Gasteiger partial charge on any atom is -0.467 e. The largest absolute Gasteiger partial charge is 0.467 e. The van der Waals surface area contributed by atoms with E-state index < -0.39 is 12.8 Å². The Morgan fingerprint density at radius 2 is 2.16 bits per heavy atom. The zero-order chi connectivity index (χ0) is 14.0. The fraction of sp³-hybridized carbons (Fsp3) is 0.273. The van der Waals surface area contributed by atoms with Crippen LogP contribution in [-0.2, 0) is 0 Å². The maximum absolute atomic E-state index is 12.0. The van der Waals surface area contributed by atoms with Gasteiger partial charge < -0.3 is 4.74 Å². The Hall–Kier alpha value is -1.76. The summed E-state index contributed by atoms with van der Waals surface area (Å²) in [5, 5.41) is 4.24. The van der Waals surface area contributed by atoms with Gasteiger partial charge in [0.25, 0.3) is 0 Å². The number of halogens is 4. The molecular formula is C11H9ClF3N3O. The molecule has 0 N–H and O–H groups in total. The molecule has 2 heterocycles. The molecule has 2 aromatic rings. The lowest BCUT2D eigenvalue weighted by atomic mass is 10.4. The summed E-state index contributed by atoms with van der Waals surface area (Å²) in [6.07, 6.45) is -2.89. The summed E-state index contributed by atoms with van der Waals surface area (Å²) in [6, 6.07) is 4.64. The van der Waals surface area contributed by atoms with Crippen LogP contribution in [0.15, 0.2) is 24.4 Å². The molecule has 19 heavy (non-hydrogen) atoms. The first-order valence-corrected chi connectivity index (χ1v) is 5.62. The molecular weight excluding hydrogens is 283 g/mol.